The zero-order valence-electron chi connectivity index (χ0n) is 11.6. The molecule has 0 amide bonds. The Morgan fingerprint density at radius 1 is 1.18 bits per heavy atom. The van der Waals surface area contributed by atoms with Crippen LogP contribution >= 0.6 is 0 Å². The van der Waals surface area contributed by atoms with Crippen molar-refractivity contribution in [1.82, 2.24) is 10.5 Å². The van der Waals surface area contributed by atoms with E-state index in [0.717, 1.165) is 24.1 Å². The van der Waals surface area contributed by atoms with E-state index in [0.29, 0.717) is 18.7 Å². The van der Waals surface area contributed by atoms with Gasteiger partial charge in [0, 0.05) is 18.0 Å². The summed E-state index contributed by atoms with van der Waals surface area (Å²) in [5, 5.41) is 5.56. The third-order valence-electron chi connectivity index (χ3n) is 3.99. The molecule has 2 atom stereocenters. The predicted octanol–water partition coefficient (Wildman–Crippen LogP) is 3.20. The molecule has 0 unspecified atom stereocenters. The van der Waals surface area contributed by atoms with Gasteiger partial charge in [-0.05, 0) is 37.1 Å². The first-order valence-corrected chi connectivity index (χ1v) is 7.02. The Morgan fingerprint density at radius 2 is 1.91 bits per heavy atom. The highest BCUT2D eigenvalue weighted by molar-refractivity contribution is 5.27. The van der Waals surface area contributed by atoms with E-state index in [4.69, 9.17) is 4.52 Å². The quantitative estimate of drug-likeness (QED) is 0.895. The summed E-state index contributed by atoms with van der Waals surface area (Å²) in [6, 6.07) is 6.56. The van der Waals surface area contributed by atoms with E-state index in [1.807, 2.05) is 0 Å². The minimum absolute atomic E-state index is 0.0544. The lowest BCUT2D eigenvalue weighted by molar-refractivity contribution is -0.137. The van der Waals surface area contributed by atoms with E-state index in [9.17, 15) is 18.0 Å². The molecule has 3 rings (SSSR count). The molecule has 1 aliphatic heterocycles. The van der Waals surface area contributed by atoms with Crippen LogP contribution < -0.4 is 10.9 Å². The molecule has 2 N–H and O–H groups in total. The molecule has 1 aromatic heterocycles. The Morgan fingerprint density at radius 3 is 2.50 bits per heavy atom. The monoisotopic (exact) mass is 312 g/mol. The summed E-state index contributed by atoms with van der Waals surface area (Å²) in [5.41, 5.74) is -0.129. The molecule has 0 radical (unpaired) electrons. The fraction of sp³-hybridized carbons (Fsp3) is 0.400. The van der Waals surface area contributed by atoms with Crippen molar-refractivity contribution >= 4 is 0 Å². The van der Waals surface area contributed by atoms with Crippen molar-refractivity contribution in [3.05, 3.63) is 57.6 Å². The molecule has 0 saturated carbocycles. The first kappa shape index (κ1) is 14.9. The van der Waals surface area contributed by atoms with Gasteiger partial charge in [0.1, 0.15) is 5.76 Å². The number of benzene rings is 1. The fourth-order valence-electron chi connectivity index (χ4n) is 2.83. The molecule has 118 valence electrons. The third kappa shape index (κ3) is 3.09. The Kier molecular flexibility index (Phi) is 3.82. The number of piperidine rings is 1. The molecule has 22 heavy (non-hydrogen) atoms. The maximum absolute atomic E-state index is 12.6. The minimum atomic E-state index is -4.32. The van der Waals surface area contributed by atoms with E-state index in [-0.39, 0.29) is 17.5 Å². The van der Waals surface area contributed by atoms with Crippen LogP contribution in [0, 0.1) is 0 Å². The summed E-state index contributed by atoms with van der Waals surface area (Å²) >= 11 is 0. The summed E-state index contributed by atoms with van der Waals surface area (Å²) in [5.74, 6) is 0.677. The lowest BCUT2D eigenvalue weighted by atomic mass is 9.87. The maximum atomic E-state index is 12.6. The number of halogens is 3. The van der Waals surface area contributed by atoms with Gasteiger partial charge in [0.25, 0.3) is 5.56 Å². The number of rotatable bonds is 2. The van der Waals surface area contributed by atoms with Crippen LogP contribution in [0.4, 0.5) is 13.2 Å². The molecular formula is C15H15F3N2O2. The molecule has 2 heterocycles. The van der Waals surface area contributed by atoms with Gasteiger partial charge in [-0.3, -0.25) is 4.79 Å². The average molecular weight is 312 g/mol. The second kappa shape index (κ2) is 5.64. The van der Waals surface area contributed by atoms with Crippen molar-refractivity contribution in [1.29, 1.82) is 0 Å². The van der Waals surface area contributed by atoms with Crippen molar-refractivity contribution < 1.29 is 17.7 Å². The van der Waals surface area contributed by atoms with Crippen LogP contribution in [-0.2, 0) is 6.18 Å². The van der Waals surface area contributed by atoms with Crippen LogP contribution in [0.2, 0.25) is 0 Å². The van der Waals surface area contributed by atoms with Crippen LogP contribution in [0.1, 0.15) is 41.7 Å². The van der Waals surface area contributed by atoms with Crippen LogP contribution in [0.3, 0.4) is 0 Å². The second-order valence-electron chi connectivity index (χ2n) is 5.46. The summed E-state index contributed by atoms with van der Waals surface area (Å²) in [6.07, 6.45) is -2.83. The number of aromatic nitrogens is 1. The topological polar surface area (TPSA) is 58.0 Å². The summed E-state index contributed by atoms with van der Waals surface area (Å²) < 4.78 is 42.9. The zero-order valence-corrected chi connectivity index (χ0v) is 11.6. The molecule has 1 aliphatic rings. The largest absolute Gasteiger partial charge is 0.416 e. The Labute approximate surface area is 124 Å². The second-order valence-corrected chi connectivity index (χ2v) is 5.46. The van der Waals surface area contributed by atoms with Crippen LogP contribution in [0.25, 0.3) is 0 Å². The van der Waals surface area contributed by atoms with Gasteiger partial charge in [0.2, 0.25) is 0 Å². The minimum Gasteiger partial charge on any atom is -0.383 e. The molecule has 0 spiro atoms. The predicted molar refractivity (Wildman–Crippen MR) is 73.5 cm³/mol. The smallest absolute Gasteiger partial charge is 0.383 e. The number of hydrogen-bond donors (Lipinski definition) is 2. The maximum Gasteiger partial charge on any atom is 0.416 e. The van der Waals surface area contributed by atoms with Gasteiger partial charge in [-0.2, -0.15) is 18.3 Å². The van der Waals surface area contributed by atoms with Crippen molar-refractivity contribution in [3.63, 3.8) is 0 Å². The zero-order chi connectivity index (χ0) is 15.7. The normalized spacial score (nSPS) is 22.7. The van der Waals surface area contributed by atoms with E-state index in [2.05, 4.69) is 10.5 Å². The molecule has 0 aliphatic carbocycles. The van der Waals surface area contributed by atoms with Gasteiger partial charge in [0.05, 0.1) is 5.56 Å². The molecule has 0 bridgehead atoms. The van der Waals surface area contributed by atoms with Gasteiger partial charge in [-0.1, -0.05) is 12.1 Å². The SMILES string of the molecule is O=c1cc([C@H]2CCN[C@H](c3ccc(C(F)(F)F)cc3)C2)o[nH]1. The highest BCUT2D eigenvalue weighted by atomic mass is 19.4. The van der Waals surface area contributed by atoms with Crippen molar-refractivity contribution in [2.45, 2.75) is 31.0 Å². The van der Waals surface area contributed by atoms with E-state index < -0.39 is 11.7 Å². The number of hydrogen-bond acceptors (Lipinski definition) is 3. The molecule has 1 fully saturated rings. The molecule has 2 aromatic rings. The number of H-pyrrole nitrogens is 1. The van der Waals surface area contributed by atoms with E-state index in [1.165, 1.54) is 18.2 Å². The Balaban J connectivity index is 1.76. The number of alkyl halides is 3. The van der Waals surface area contributed by atoms with Crippen molar-refractivity contribution in [3.8, 4) is 0 Å². The van der Waals surface area contributed by atoms with E-state index in [1.54, 1.807) is 0 Å². The summed E-state index contributed by atoms with van der Waals surface area (Å²) in [6.45, 7) is 0.714. The molecule has 7 heteroatoms. The molecule has 4 nitrogen and oxygen atoms in total. The highest BCUT2D eigenvalue weighted by Crippen LogP contribution is 2.35. The van der Waals surface area contributed by atoms with Crippen LogP contribution in [0.15, 0.2) is 39.6 Å². The van der Waals surface area contributed by atoms with Gasteiger partial charge < -0.3 is 9.84 Å². The van der Waals surface area contributed by atoms with Crippen LogP contribution in [0.5, 0.6) is 0 Å². The summed E-state index contributed by atoms with van der Waals surface area (Å²) in [7, 11) is 0. The first-order chi connectivity index (χ1) is 10.4. The Bertz CT molecular complexity index is 688. The third-order valence-corrected chi connectivity index (χ3v) is 3.99. The molecule has 1 aromatic carbocycles. The lowest BCUT2D eigenvalue weighted by Crippen LogP contribution is -2.30. The van der Waals surface area contributed by atoms with Crippen LogP contribution in [-0.4, -0.2) is 11.7 Å². The number of aromatic amines is 1. The van der Waals surface area contributed by atoms with Gasteiger partial charge in [-0.25, -0.2) is 0 Å². The van der Waals surface area contributed by atoms with Gasteiger partial charge in [-0.15, -0.1) is 0 Å². The summed E-state index contributed by atoms with van der Waals surface area (Å²) in [4.78, 5) is 11.1. The first-order valence-electron chi connectivity index (χ1n) is 7.02. The molecule has 1 saturated heterocycles. The van der Waals surface area contributed by atoms with E-state index >= 15 is 0 Å². The van der Waals surface area contributed by atoms with Crippen molar-refractivity contribution in [2.24, 2.45) is 0 Å². The Hall–Kier alpha value is -2.02. The standard InChI is InChI=1S/C15H15F3N2O2/c16-15(17,18)11-3-1-9(2-4-11)12-7-10(5-6-19-12)13-8-14(21)20-22-13/h1-4,8,10,12,19H,5-7H2,(H,20,21)/t10-,12-/m0/s1. The highest BCUT2D eigenvalue weighted by Gasteiger charge is 2.31. The average Bonchev–Trinajstić information content (AvgIpc) is 2.93. The van der Waals surface area contributed by atoms with Gasteiger partial charge >= 0.3 is 6.18 Å². The van der Waals surface area contributed by atoms with Gasteiger partial charge in [0.15, 0.2) is 0 Å². The molecular weight excluding hydrogens is 297 g/mol. The lowest BCUT2D eigenvalue weighted by Gasteiger charge is -2.29. The number of nitrogens with one attached hydrogen (secondary N) is 2. The fourth-order valence-corrected chi connectivity index (χ4v) is 2.83. The van der Waals surface area contributed by atoms with Crippen molar-refractivity contribution in [2.75, 3.05) is 6.54 Å².